The maximum absolute atomic E-state index is 6.07. The van der Waals surface area contributed by atoms with Crippen LogP contribution in [0.25, 0.3) is 0 Å². The zero-order chi connectivity index (χ0) is 12.1. The van der Waals surface area contributed by atoms with Crippen LogP contribution in [0, 0.1) is 0 Å². The molecule has 0 aliphatic heterocycles. The van der Waals surface area contributed by atoms with Crippen molar-refractivity contribution in [2.24, 2.45) is 0 Å². The molecule has 1 heterocycles. The molecule has 17 heavy (non-hydrogen) atoms. The molecule has 0 atom stereocenters. The van der Waals surface area contributed by atoms with Crippen molar-refractivity contribution in [1.82, 2.24) is 10.3 Å². The summed E-state index contributed by atoms with van der Waals surface area (Å²) in [7, 11) is 0. The number of hydrogen-bond donors (Lipinski definition) is 1. The van der Waals surface area contributed by atoms with Crippen molar-refractivity contribution in [1.29, 1.82) is 0 Å². The SMILES string of the molecule is Clc1ccc(CNCc2ccccn2)c(Cl)c1. The smallest absolute Gasteiger partial charge is 0.0541 e. The van der Waals surface area contributed by atoms with Crippen molar-refractivity contribution < 1.29 is 0 Å². The van der Waals surface area contributed by atoms with Gasteiger partial charge in [-0.1, -0.05) is 35.3 Å². The number of nitrogens with zero attached hydrogens (tertiary/aromatic N) is 1. The first-order valence-electron chi connectivity index (χ1n) is 5.30. The van der Waals surface area contributed by atoms with Gasteiger partial charge in [-0.15, -0.1) is 0 Å². The maximum atomic E-state index is 6.07. The van der Waals surface area contributed by atoms with Crippen molar-refractivity contribution in [3.63, 3.8) is 0 Å². The first kappa shape index (κ1) is 12.4. The summed E-state index contributed by atoms with van der Waals surface area (Å²) in [5.74, 6) is 0. The summed E-state index contributed by atoms with van der Waals surface area (Å²) in [6.07, 6.45) is 1.78. The molecule has 0 spiro atoms. The van der Waals surface area contributed by atoms with Gasteiger partial charge < -0.3 is 5.32 Å². The fourth-order valence-corrected chi connectivity index (χ4v) is 1.97. The first-order valence-corrected chi connectivity index (χ1v) is 6.06. The van der Waals surface area contributed by atoms with Gasteiger partial charge in [-0.3, -0.25) is 4.98 Å². The Kier molecular flexibility index (Phi) is 4.37. The van der Waals surface area contributed by atoms with Gasteiger partial charge in [0.05, 0.1) is 5.69 Å². The normalized spacial score (nSPS) is 10.5. The lowest BCUT2D eigenvalue weighted by Crippen LogP contribution is -2.13. The van der Waals surface area contributed by atoms with E-state index in [4.69, 9.17) is 23.2 Å². The Morgan fingerprint density at radius 3 is 2.65 bits per heavy atom. The molecule has 1 N–H and O–H groups in total. The van der Waals surface area contributed by atoms with E-state index in [1.54, 1.807) is 12.3 Å². The van der Waals surface area contributed by atoms with E-state index in [1.165, 1.54) is 0 Å². The monoisotopic (exact) mass is 266 g/mol. The van der Waals surface area contributed by atoms with E-state index in [0.29, 0.717) is 16.6 Å². The molecule has 2 rings (SSSR count). The lowest BCUT2D eigenvalue weighted by Gasteiger charge is -2.06. The van der Waals surface area contributed by atoms with Gasteiger partial charge >= 0.3 is 0 Å². The molecule has 0 fully saturated rings. The van der Waals surface area contributed by atoms with E-state index in [-0.39, 0.29) is 0 Å². The third-order valence-corrected chi connectivity index (χ3v) is 2.95. The summed E-state index contributed by atoms with van der Waals surface area (Å²) in [6.45, 7) is 1.42. The molecule has 0 saturated carbocycles. The highest BCUT2D eigenvalue weighted by atomic mass is 35.5. The zero-order valence-electron chi connectivity index (χ0n) is 9.16. The molecule has 0 radical (unpaired) electrons. The van der Waals surface area contributed by atoms with Crippen LogP contribution in [0.15, 0.2) is 42.6 Å². The van der Waals surface area contributed by atoms with Gasteiger partial charge in [0.15, 0.2) is 0 Å². The molecule has 0 unspecified atom stereocenters. The minimum atomic E-state index is 0.656. The van der Waals surface area contributed by atoms with Crippen molar-refractivity contribution in [2.75, 3.05) is 0 Å². The fourth-order valence-electron chi connectivity index (χ4n) is 1.49. The lowest BCUT2D eigenvalue weighted by atomic mass is 10.2. The quantitative estimate of drug-likeness (QED) is 0.914. The Morgan fingerprint density at radius 2 is 1.94 bits per heavy atom. The molecule has 0 amide bonds. The van der Waals surface area contributed by atoms with E-state index in [9.17, 15) is 0 Å². The van der Waals surface area contributed by atoms with Gasteiger partial charge in [0.25, 0.3) is 0 Å². The summed E-state index contributed by atoms with van der Waals surface area (Å²) in [5.41, 5.74) is 2.05. The molecule has 1 aromatic heterocycles. The van der Waals surface area contributed by atoms with Gasteiger partial charge in [-0.05, 0) is 29.8 Å². The van der Waals surface area contributed by atoms with Crippen molar-refractivity contribution in [2.45, 2.75) is 13.1 Å². The molecule has 88 valence electrons. The van der Waals surface area contributed by atoms with Gasteiger partial charge in [0, 0.05) is 29.3 Å². The van der Waals surface area contributed by atoms with Crippen LogP contribution < -0.4 is 5.32 Å². The molecule has 2 nitrogen and oxygen atoms in total. The number of halogens is 2. The van der Waals surface area contributed by atoms with Gasteiger partial charge in [0.2, 0.25) is 0 Å². The summed E-state index contributed by atoms with van der Waals surface area (Å²) in [4.78, 5) is 4.23. The highest BCUT2D eigenvalue weighted by Gasteiger charge is 2.01. The second-order valence-electron chi connectivity index (χ2n) is 3.66. The molecule has 0 aliphatic rings. The molecule has 0 saturated heterocycles. The minimum absolute atomic E-state index is 0.656. The Balaban J connectivity index is 1.90. The summed E-state index contributed by atoms with van der Waals surface area (Å²) in [5, 5.41) is 4.63. The van der Waals surface area contributed by atoms with Crippen LogP contribution in [0.3, 0.4) is 0 Å². The lowest BCUT2D eigenvalue weighted by molar-refractivity contribution is 0.680. The van der Waals surface area contributed by atoms with Crippen LogP contribution >= 0.6 is 23.2 Å². The number of pyridine rings is 1. The van der Waals surface area contributed by atoms with Gasteiger partial charge in [-0.25, -0.2) is 0 Å². The van der Waals surface area contributed by atoms with Crippen LogP contribution in [-0.2, 0) is 13.1 Å². The fraction of sp³-hybridized carbons (Fsp3) is 0.154. The highest BCUT2D eigenvalue weighted by Crippen LogP contribution is 2.20. The van der Waals surface area contributed by atoms with E-state index < -0.39 is 0 Å². The zero-order valence-corrected chi connectivity index (χ0v) is 10.7. The number of rotatable bonds is 4. The first-order chi connectivity index (χ1) is 8.25. The van der Waals surface area contributed by atoms with E-state index in [2.05, 4.69) is 10.3 Å². The Morgan fingerprint density at radius 1 is 1.06 bits per heavy atom. The summed E-state index contributed by atoms with van der Waals surface area (Å²) in [6, 6.07) is 11.4. The van der Waals surface area contributed by atoms with E-state index in [1.807, 2.05) is 30.3 Å². The number of aromatic nitrogens is 1. The van der Waals surface area contributed by atoms with Crippen LogP contribution in [0.1, 0.15) is 11.3 Å². The summed E-state index contributed by atoms with van der Waals surface area (Å²) >= 11 is 11.9. The van der Waals surface area contributed by atoms with Crippen LogP contribution in [-0.4, -0.2) is 4.98 Å². The number of hydrogen-bond acceptors (Lipinski definition) is 2. The predicted octanol–water partition coefficient (Wildman–Crippen LogP) is 3.68. The molecular formula is C13H12Cl2N2. The number of benzene rings is 1. The molecule has 0 bridgehead atoms. The van der Waals surface area contributed by atoms with Crippen molar-refractivity contribution in [3.8, 4) is 0 Å². The second kappa shape index (κ2) is 6.01. The minimum Gasteiger partial charge on any atom is -0.307 e. The average molecular weight is 267 g/mol. The maximum Gasteiger partial charge on any atom is 0.0541 e. The Bertz CT molecular complexity index is 486. The van der Waals surface area contributed by atoms with E-state index in [0.717, 1.165) is 17.8 Å². The van der Waals surface area contributed by atoms with Crippen molar-refractivity contribution >= 4 is 23.2 Å². The topological polar surface area (TPSA) is 24.9 Å². The predicted molar refractivity (Wildman–Crippen MR) is 71.2 cm³/mol. The number of nitrogens with one attached hydrogen (secondary N) is 1. The second-order valence-corrected chi connectivity index (χ2v) is 4.50. The molecule has 0 aliphatic carbocycles. The van der Waals surface area contributed by atoms with Crippen LogP contribution in [0.2, 0.25) is 10.0 Å². The van der Waals surface area contributed by atoms with Gasteiger partial charge in [0.1, 0.15) is 0 Å². The average Bonchev–Trinajstić information content (AvgIpc) is 2.33. The van der Waals surface area contributed by atoms with Crippen LogP contribution in [0.4, 0.5) is 0 Å². The van der Waals surface area contributed by atoms with E-state index >= 15 is 0 Å². The standard InChI is InChI=1S/C13H12Cl2N2/c14-11-5-4-10(13(15)7-11)8-16-9-12-3-1-2-6-17-12/h1-7,16H,8-9H2. The third kappa shape index (κ3) is 3.70. The molecule has 1 aromatic carbocycles. The Hall–Kier alpha value is -1.09. The summed E-state index contributed by atoms with van der Waals surface area (Å²) < 4.78 is 0. The highest BCUT2D eigenvalue weighted by molar-refractivity contribution is 6.35. The molecule has 2 aromatic rings. The molecule has 4 heteroatoms. The largest absolute Gasteiger partial charge is 0.307 e. The van der Waals surface area contributed by atoms with Crippen LogP contribution in [0.5, 0.6) is 0 Å². The third-order valence-electron chi connectivity index (χ3n) is 2.36. The van der Waals surface area contributed by atoms with Gasteiger partial charge in [-0.2, -0.15) is 0 Å². The Labute approximate surface area is 111 Å². The van der Waals surface area contributed by atoms with Crippen molar-refractivity contribution in [3.05, 3.63) is 63.9 Å². The molecular weight excluding hydrogens is 255 g/mol.